The Hall–Kier alpha value is -2.59. The van der Waals surface area contributed by atoms with E-state index in [0.29, 0.717) is 0 Å². The summed E-state index contributed by atoms with van der Waals surface area (Å²) in [5.41, 5.74) is 4.23. The summed E-state index contributed by atoms with van der Waals surface area (Å²) in [4.78, 5) is 17.6. The molecular formula is C19H19N3O. The summed E-state index contributed by atoms with van der Waals surface area (Å²) >= 11 is 0. The molecule has 0 bridgehead atoms. The summed E-state index contributed by atoms with van der Waals surface area (Å²) in [7, 11) is 0. The van der Waals surface area contributed by atoms with E-state index in [2.05, 4.69) is 40.2 Å². The highest BCUT2D eigenvalue weighted by Gasteiger charge is 2.16. The summed E-state index contributed by atoms with van der Waals surface area (Å²) in [6, 6.07) is 18.4. The van der Waals surface area contributed by atoms with Crippen LogP contribution in [0.5, 0.6) is 0 Å². The Bertz CT molecular complexity index is 905. The number of rotatable bonds is 3. The minimum atomic E-state index is -0.0473. The molecule has 4 heteroatoms. The maximum absolute atomic E-state index is 12.3. The number of nitrogens with one attached hydrogen (secondary N) is 1. The Morgan fingerprint density at radius 2 is 1.78 bits per heavy atom. The van der Waals surface area contributed by atoms with E-state index < -0.39 is 0 Å². The molecule has 0 atom stereocenters. The topological polar surface area (TPSA) is 41.0 Å². The van der Waals surface area contributed by atoms with E-state index in [1.54, 1.807) is 0 Å². The third-order valence-corrected chi connectivity index (χ3v) is 4.40. The van der Waals surface area contributed by atoms with Gasteiger partial charge in [0.1, 0.15) is 0 Å². The van der Waals surface area contributed by atoms with Gasteiger partial charge in [0.2, 0.25) is 0 Å². The predicted molar refractivity (Wildman–Crippen MR) is 93.2 cm³/mol. The molecule has 1 N–H and O–H groups in total. The van der Waals surface area contributed by atoms with Gasteiger partial charge in [0, 0.05) is 31.8 Å². The van der Waals surface area contributed by atoms with Gasteiger partial charge in [0.25, 0.3) is 0 Å². The minimum absolute atomic E-state index is 0.0473. The number of hydrogen-bond acceptors (Lipinski definition) is 2. The highest BCUT2D eigenvalue weighted by Crippen LogP contribution is 2.20. The minimum Gasteiger partial charge on any atom is -0.305 e. The lowest BCUT2D eigenvalue weighted by Crippen LogP contribution is -2.30. The summed E-state index contributed by atoms with van der Waals surface area (Å²) < 4.78 is 1.81. The van der Waals surface area contributed by atoms with E-state index in [1.807, 2.05) is 34.9 Å². The highest BCUT2D eigenvalue weighted by atomic mass is 16.1. The van der Waals surface area contributed by atoms with E-state index in [4.69, 9.17) is 0 Å². The molecule has 3 aromatic rings. The molecule has 0 saturated heterocycles. The van der Waals surface area contributed by atoms with Crippen LogP contribution < -0.4 is 5.69 Å². The van der Waals surface area contributed by atoms with Gasteiger partial charge in [-0.25, -0.2) is 4.79 Å². The smallest absolute Gasteiger partial charge is 0.305 e. The molecule has 4 rings (SSSR count). The fraction of sp³-hybridized carbons (Fsp3) is 0.211. The van der Waals surface area contributed by atoms with E-state index in [0.717, 1.165) is 42.8 Å². The van der Waals surface area contributed by atoms with Crippen LogP contribution in [0.4, 0.5) is 0 Å². The largest absolute Gasteiger partial charge is 0.330 e. The van der Waals surface area contributed by atoms with Crippen LogP contribution in [0.15, 0.2) is 65.5 Å². The molecule has 23 heavy (non-hydrogen) atoms. The zero-order valence-corrected chi connectivity index (χ0v) is 12.9. The fourth-order valence-corrected chi connectivity index (χ4v) is 3.23. The van der Waals surface area contributed by atoms with Gasteiger partial charge in [-0.2, -0.15) is 0 Å². The van der Waals surface area contributed by atoms with Crippen molar-refractivity contribution in [2.75, 3.05) is 13.1 Å². The number of aromatic amines is 1. The lowest BCUT2D eigenvalue weighted by Gasteiger charge is -2.26. The number of imidazole rings is 1. The summed E-state index contributed by atoms with van der Waals surface area (Å²) in [6.07, 6.45) is 3.06. The number of hydrogen-bond donors (Lipinski definition) is 1. The van der Waals surface area contributed by atoms with Crippen LogP contribution in [-0.2, 0) is 6.54 Å². The van der Waals surface area contributed by atoms with Gasteiger partial charge in [-0.15, -0.1) is 0 Å². The lowest BCUT2D eigenvalue weighted by molar-refractivity contribution is 0.291. The van der Waals surface area contributed by atoms with Crippen LogP contribution in [-0.4, -0.2) is 27.5 Å². The Balaban J connectivity index is 1.57. The molecule has 1 aromatic heterocycles. The van der Waals surface area contributed by atoms with Crippen molar-refractivity contribution < 1.29 is 0 Å². The number of aromatic nitrogens is 2. The van der Waals surface area contributed by atoms with E-state index >= 15 is 0 Å². The van der Waals surface area contributed by atoms with Gasteiger partial charge in [-0.1, -0.05) is 48.5 Å². The van der Waals surface area contributed by atoms with Crippen molar-refractivity contribution in [2.24, 2.45) is 0 Å². The second kappa shape index (κ2) is 5.89. The number of nitrogens with zero attached hydrogens (tertiary/aromatic N) is 2. The first kappa shape index (κ1) is 14.0. The maximum Gasteiger partial charge on any atom is 0.330 e. The first-order valence-electron chi connectivity index (χ1n) is 7.97. The molecule has 0 spiro atoms. The van der Waals surface area contributed by atoms with Crippen LogP contribution in [0.1, 0.15) is 12.0 Å². The summed E-state index contributed by atoms with van der Waals surface area (Å²) in [5, 5.41) is 0. The summed E-state index contributed by atoms with van der Waals surface area (Å²) in [6.45, 7) is 2.79. The molecule has 0 saturated carbocycles. The van der Waals surface area contributed by atoms with Crippen molar-refractivity contribution in [3.63, 3.8) is 0 Å². The zero-order chi connectivity index (χ0) is 15.6. The fourth-order valence-electron chi connectivity index (χ4n) is 3.23. The lowest BCUT2D eigenvalue weighted by atomic mass is 10.1. The van der Waals surface area contributed by atoms with E-state index in [1.165, 1.54) is 5.56 Å². The maximum atomic E-state index is 12.3. The molecule has 116 valence electrons. The standard InChI is InChI=1S/C19H19N3O/c23-19-20-17-8-4-5-9-18(17)22(19)16-10-12-21(13-11-16)14-15-6-2-1-3-7-15/h1-10H,11-14H2,(H,20,23). The first-order chi connectivity index (χ1) is 11.3. The van der Waals surface area contributed by atoms with Gasteiger partial charge in [0.15, 0.2) is 0 Å². The van der Waals surface area contributed by atoms with Crippen LogP contribution >= 0.6 is 0 Å². The second-order valence-electron chi connectivity index (χ2n) is 5.95. The Morgan fingerprint density at radius 1 is 1.00 bits per heavy atom. The van der Waals surface area contributed by atoms with Crippen molar-refractivity contribution in [3.8, 4) is 0 Å². The Labute approximate surface area is 134 Å². The molecule has 1 aliphatic rings. The molecule has 0 amide bonds. The monoisotopic (exact) mass is 305 g/mol. The number of H-pyrrole nitrogens is 1. The number of para-hydroxylation sites is 2. The van der Waals surface area contributed by atoms with Crippen molar-refractivity contribution in [1.82, 2.24) is 14.5 Å². The summed E-state index contributed by atoms with van der Waals surface area (Å²) in [5.74, 6) is 0. The molecule has 0 aliphatic carbocycles. The SMILES string of the molecule is O=c1[nH]c2ccccc2n1C1=CCN(Cc2ccccc2)CC1. The first-order valence-corrected chi connectivity index (χ1v) is 7.97. The van der Waals surface area contributed by atoms with Gasteiger partial charge < -0.3 is 4.98 Å². The molecule has 4 nitrogen and oxygen atoms in total. The normalized spacial score (nSPS) is 15.7. The second-order valence-corrected chi connectivity index (χ2v) is 5.95. The quantitative estimate of drug-likeness (QED) is 0.808. The molecule has 0 radical (unpaired) electrons. The van der Waals surface area contributed by atoms with Crippen molar-refractivity contribution in [1.29, 1.82) is 0 Å². The molecule has 0 unspecified atom stereocenters. The van der Waals surface area contributed by atoms with Gasteiger partial charge in [-0.3, -0.25) is 9.47 Å². The van der Waals surface area contributed by atoms with Crippen LogP contribution in [0.2, 0.25) is 0 Å². The van der Waals surface area contributed by atoms with Gasteiger partial charge >= 0.3 is 5.69 Å². The van der Waals surface area contributed by atoms with Crippen LogP contribution in [0, 0.1) is 0 Å². The van der Waals surface area contributed by atoms with Gasteiger partial charge in [0.05, 0.1) is 11.0 Å². The van der Waals surface area contributed by atoms with E-state index in [9.17, 15) is 4.79 Å². The predicted octanol–water partition coefficient (Wildman–Crippen LogP) is 3.08. The number of benzene rings is 2. The van der Waals surface area contributed by atoms with Crippen molar-refractivity contribution in [3.05, 3.63) is 76.7 Å². The third kappa shape index (κ3) is 2.73. The third-order valence-electron chi connectivity index (χ3n) is 4.40. The van der Waals surface area contributed by atoms with Gasteiger partial charge in [-0.05, 0) is 17.7 Å². The number of fused-ring (bicyclic) bond motifs is 1. The molecule has 2 heterocycles. The molecule has 1 aliphatic heterocycles. The molecule has 2 aromatic carbocycles. The van der Waals surface area contributed by atoms with Crippen molar-refractivity contribution in [2.45, 2.75) is 13.0 Å². The molecular weight excluding hydrogens is 286 g/mol. The molecule has 0 fully saturated rings. The van der Waals surface area contributed by atoms with Crippen LogP contribution in [0.3, 0.4) is 0 Å². The zero-order valence-electron chi connectivity index (χ0n) is 12.9. The average Bonchev–Trinajstić information content (AvgIpc) is 2.92. The average molecular weight is 305 g/mol. The van der Waals surface area contributed by atoms with Crippen molar-refractivity contribution >= 4 is 16.7 Å². The van der Waals surface area contributed by atoms with Crippen LogP contribution in [0.25, 0.3) is 16.7 Å². The Kier molecular flexibility index (Phi) is 3.60. The van der Waals surface area contributed by atoms with E-state index in [-0.39, 0.29) is 5.69 Å². The highest BCUT2D eigenvalue weighted by molar-refractivity contribution is 5.79. The Morgan fingerprint density at radius 3 is 2.57 bits per heavy atom.